The summed E-state index contributed by atoms with van der Waals surface area (Å²) in [5.41, 5.74) is 9.99. The Morgan fingerprint density at radius 1 is 1.03 bits per heavy atom. The first-order chi connectivity index (χ1) is 17.6. The van der Waals surface area contributed by atoms with Crippen LogP contribution in [0.25, 0.3) is 0 Å². The summed E-state index contributed by atoms with van der Waals surface area (Å²) in [5.74, 6) is -2.75. The molecule has 7 N–H and O–H groups in total. The van der Waals surface area contributed by atoms with Crippen LogP contribution < -0.4 is 27.0 Å². The van der Waals surface area contributed by atoms with Gasteiger partial charge in [0, 0.05) is 23.5 Å². The zero-order chi connectivity index (χ0) is 26.7. The third-order valence-electron chi connectivity index (χ3n) is 6.23. The van der Waals surface area contributed by atoms with Crippen molar-refractivity contribution in [3.05, 3.63) is 76.4 Å². The van der Waals surface area contributed by atoms with E-state index in [1.54, 1.807) is 38.1 Å². The quantitative estimate of drug-likeness (QED) is 0.258. The second-order valence-corrected chi connectivity index (χ2v) is 8.80. The molecule has 0 bridgehead atoms. The third-order valence-corrected chi connectivity index (χ3v) is 6.23. The van der Waals surface area contributed by atoms with Crippen LogP contribution >= 0.6 is 0 Å². The number of aryl methyl sites for hydroxylation is 1. The average Bonchev–Trinajstić information content (AvgIpc) is 3.32. The van der Waals surface area contributed by atoms with Crippen LogP contribution in [0.15, 0.2) is 42.5 Å². The molecule has 0 aliphatic carbocycles. The van der Waals surface area contributed by atoms with Crippen molar-refractivity contribution >= 4 is 40.7 Å². The largest absolute Gasteiger partial charge is 0.397 e. The van der Waals surface area contributed by atoms with Gasteiger partial charge in [0.25, 0.3) is 5.91 Å². The van der Waals surface area contributed by atoms with Crippen molar-refractivity contribution in [2.45, 2.75) is 26.2 Å². The van der Waals surface area contributed by atoms with Crippen LogP contribution in [0.4, 0.5) is 21.5 Å². The molecule has 1 unspecified atom stereocenters. The highest BCUT2D eigenvalue weighted by atomic mass is 19.1. The number of nitrogens with two attached hydrogens (primary N) is 1. The fraction of sp³-hybridized carbons (Fsp3) is 0.231. The van der Waals surface area contributed by atoms with Crippen LogP contribution in [0.1, 0.15) is 38.8 Å². The van der Waals surface area contributed by atoms with Crippen molar-refractivity contribution in [1.82, 2.24) is 15.6 Å². The molecule has 0 fully saturated rings. The highest BCUT2D eigenvalue weighted by Crippen LogP contribution is 2.36. The van der Waals surface area contributed by atoms with Gasteiger partial charge in [0.05, 0.1) is 35.9 Å². The van der Waals surface area contributed by atoms with Crippen LogP contribution in [-0.2, 0) is 20.8 Å². The van der Waals surface area contributed by atoms with Gasteiger partial charge in [-0.15, -0.1) is 0 Å². The zero-order valence-electron chi connectivity index (χ0n) is 20.3. The first kappa shape index (κ1) is 25.4. The molecule has 11 heteroatoms. The lowest BCUT2D eigenvalue weighted by atomic mass is 9.94. The van der Waals surface area contributed by atoms with Gasteiger partial charge in [0.1, 0.15) is 5.82 Å². The fourth-order valence-electron chi connectivity index (χ4n) is 4.36. The Morgan fingerprint density at radius 2 is 1.76 bits per heavy atom. The van der Waals surface area contributed by atoms with E-state index in [2.05, 4.69) is 26.3 Å². The predicted octanol–water partition coefficient (Wildman–Crippen LogP) is 2.12. The van der Waals surface area contributed by atoms with Crippen LogP contribution in [0, 0.1) is 19.7 Å². The minimum Gasteiger partial charge on any atom is -0.397 e. The van der Waals surface area contributed by atoms with Gasteiger partial charge in [-0.25, -0.2) is 4.39 Å². The van der Waals surface area contributed by atoms with Crippen LogP contribution in [0.2, 0.25) is 0 Å². The van der Waals surface area contributed by atoms with E-state index in [-0.39, 0.29) is 25.4 Å². The molecule has 4 amide bonds. The number of hydrogen-bond donors (Lipinski definition) is 6. The SMILES string of the molecule is Cc1[nH]c(CC2C(=O)Nc3ccc(F)cc32)c(C)c1C(=O)NCC(=O)NCC(=O)Nc1ccccc1N. The Labute approximate surface area is 212 Å². The first-order valence-corrected chi connectivity index (χ1v) is 11.6. The van der Waals surface area contributed by atoms with Gasteiger partial charge >= 0.3 is 0 Å². The van der Waals surface area contributed by atoms with Gasteiger partial charge in [-0.3, -0.25) is 19.2 Å². The summed E-state index contributed by atoms with van der Waals surface area (Å²) in [6.07, 6.45) is 0.254. The summed E-state index contributed by atoms with van der Waals surface area (Å²) < 4.78 is 13.8. The fourth-order valence-corrected chi connectivity index (χ4v) is 4.36. The second kappa shape index (κ2) is 10.5. The van der Waals surface area contributed by atoms with Crippen molar-refractivity contribution in [2.75, 3.05) is 29.5 Å². The molecule has 0 spiro atoms. The number of H-pyrrole nitrogens is 1. The summed E-state index contributed by atoms with van der Waals surface area (Å²) in [7, 11) is 0. The molecule has 1 atom stereocenters. The monoisotopic (exact) mass is 506 g/mol. The lowest BCUT2D eigenvalue weighted by Gasteiger charge is -2.10. The topological polar surface area (TPSA) is 158 Å². The van der Waals surface area contributed by atoms with Gasteiger partial charge in [-0.1, -0.05) is 12.1 Å². The molecule has 0 saturated carbocycles. The second-order valence-electron chi connectivity index (χ2n) is 8.80. The molecule has 192 valence electrons. The van der Waals surface area contributed by atoms with E-state index >= 15 is 0 Å². The number of para-hydroxylation sites is 2. The Morgan fingerprint density at radius 3 is 2.51 bits per heavy atom. The van der Waals surface area contributed by atoms with E-state index in [9.17, 15) is 23.6 Å². The van der Waals surface area contributed by atoms with Crippen LogP contribution in [-0.4, -0.2) is 41.7 Å². The number of benzene rings is 2. The Bertz CT molecular complexity index is 1400. The molecule has 1 aromatic heterocycles. The molecule has 0 radical (unpaired) electrons. The highest BCUT2D eigenvalue weighted by Gasteiger charge is 2.32. The first-order valence-electron chi connectivity index (χ1n) is 11.6. The molecule has 4 rings (SSSR count). The van der Waals surface area contributed by atoms with Gasteiger partial charge in [-0.05, 0) is 55.3 Å². The van der Waals surface area contributed by atoms with Gasteiger partial charge in [-0.2, -0.15) is 0 Å². The maximum atomic E-state index is 13.8. The van der Waals surface area contributed by atoms with Crippen molar-refractivity contribution in [3.8, 4) is 0 Å². The summed E-state index contributed by atoms with van der Waals surface area (Å²) in [6.45, 7) is 2.83. The molecule has 2 heterocycles. The number of fused-ring (bicyclic) bond motifs is 1. The molecule has 1 aliphatic rings. The van der Waals surface area contributed by atoms with E-state index in [1.807, 2.05) is 0 Å². The number of aromatic nitrogens is 1. The van der Waals surface area contributed by atoms with Crippen molar-refractivity contribution in [1.29, 1.82) is 0 Å². The van der Waals surface area contributed by atoms with E-state index in [0.717, 1.165) is 0 Å². The number of nitrogens with one attached hydrogen (secondary N) is 5. The molecular formula is C26H27FN6O4. The molecule has 2 aromatic carbocycles. The molecule has 10 nitrogen and oxygen atoms in total. The third kappa shape index (κ3) is 5.61. The summed E-state index contributed by atoms with van der Waals surface area (Å²) in [4.78, 5) is 52.7. The maximum Gasteiger partial charge on any atom is 0.253 e. The summed E-state index contributed by atoms with van der Waals surface area (Å²) in [6, 6.07) is 10.9. The van der Waals surface area contributed by atoms with E-state index in [1.165, 1.54) is 18.2 Å². The normalized spacial score (nSPS) is 14.0. The number of halogens is 1. The molecule has 1 aliphatic heterocycles. The standard InChI is InChI=1S/C26H27FN6O4/c1-13-21(10-17-16-9-15(27)7-8-19(16)33-25(17)36)31-14(2)24(13)26(37)30-11-22(34)29-12-23(35)32-20-6-4-3-5-18(20)28/h3-9,17,31H,10-12,28H2,1-2H3,(H,29,34)(H,30,37)(H,32,35)(H,33,36). The minimum atomic E-state index is -0.596. The number of nitrogen functional groups attached to an aromatic ring is 1. The molecular weight excluding hydrogens is 479 g/mol. The Kier molecular flexibility index (Phi) is 7.23. The summed E-state index contributed by atoms with van der Waals surface area (Å²) in [5, 5.41) is 10.3. The lowest BCUT2D eigenvalue weighted by Crippen LogP contribution is -2.40. The molecule has 0 saturated heterocycles. The van der Waals surface area contributed by atoms with Crippen LogP contribution in [0.3, 0.4) is 0 Å². The predicted molar refractivity (Wildman–Crippen MR) is 137 cm³/mol. The average molecular weight is 507 g/mol. The number of rotatable bonds is 8. The Balaban J connectivity index is 1.33. The molecule has 37 heavy (non-hydrogen) atoms. The van der Waals surface area contributed by atoms with E-state index < -0.39 is 29.5 Å². The van der Waals surface area contributed by atoms with Gasteiger partial charge in [0.2, 0.25) is 17.7 Å². The lowest BCUT2D eigenvalue weighted by molar-refractivity contribution is -0.123. The van der Waals surface area contributed by atoms with Gasteiger partial charge < -0.3 is 32.0 Å². The van der Waals surface area contributed by atoms with E-state index in [4.69, 9.17) is 5.73 Å². The minimum absolute atomic E-state index is 0.242. The number of anilines is 3. The smallest absolute Gasteiger partial charge is 0.253 e. The van der Waals surface area contributed by atoms with Crippen molar-refractivity contribution < 1.29 is 23.6 Å². The van der Waals surface area contributed by atoms with Gasteiger partial charge in [0.15, 0.2) is 0 Å². The maximum absolute atomic E-state index is 13.8. The number of hydrogen-bond acceptors (Lipinski definition) is 5. The Hall–Kier alpha value is -4.67. The van der Waals surface area contributed by atoms with Crippen molar-refractivity contribution in [3.63, 3.8) is 0 Å². The zero-order valence-corrected chi connectivity index (χ0v) is 20.3. The highest BCUT2D eigenvalue weighted by molar-refractivity contribution is 6.03. The number of aromatic amines is 1. The molecule has 3 aromatic rings. The van der Waals surface area contributed by atoms with Crippen LogP contribution in [0.5, 0.6) is 0 Å². The number of carbonyl (C=O) groups excluding carboxylic acids is 4. The number of amides is 4. The van der Waals surface area contributed by atoms with E-state index in [0.29, 0.717) is 45.1 Å². The number of carbonyl (C=O) groups is 4. The van der Waals surface area contributed by atoms with Crippen molar-refractivity contribution in [2.24, 2.45) is 0 Å². The summed E-state index contributed by atoms with van der Waals surface area (Å²) >= 11 is 0.